The fourth-order valence-corrected chi connectivity index (χ4v) is 6.38. The predicted molar refractivity (Wildman–Crippen MR) is 155 cm³/mol. The molecule has 3 heterocycles. The van der Waals surface area contributed by atoms with E-state index < -0.39 is 75.5 Å². The van der Waals surface area contributed by atoms with Crippen molar-refractivity contribution in [1.82, 2.24) is 15.2 Å². The van der Waals surface area contributed by atoms with Gasteiger partial charge in [0, 0.05) is 15.6 Å². The molecule has 0 radical (unpaired) electrons. The Morgan fingerprint density at radius 1 is 1.26 bits per heavy atom. The second-order valence-corrected chi connectivity index (χ2v) is 12.5. The molecule has 2 aromatic rings. The highest BCUT2D eigenvalue weighted by Crippen LogP contribution is 2.42. The first-order valence-electron chi connectivity index (χ1n) is 12.0. The van der Waals surface area contributed by atoms with E-state index >= 15 is 0 Å². The van der Waals surface area contributed by atoms with Gasteiger partial charge in [-0.3, -0.25) is 19.3 Å². The van der Waals surface area contributed by atoms with Crippen molar-refractivity contribution in [3.8, 4) is 11.5 Å². The molecule has 2 aliphatic heterocycles. The van der Waals surface area contributed by atoms with Gasteiger partial charge in [-0.15, -0.1) is 23.1 Å². The number of anilines is 1. The zero-order chi connectivity index (χ0) is 32.0. The van der Waals surface area contributed by atoms with E-state index in [1.54, 1.807) is 0 Å². The van der Waals surface area contributed by atoms with Gasteiger partial charge in [0.05, 0.1) is 11.6 Å². The zero-order valence-corrected chi connectivity index (χ0v) is 25.3. The molecule has 2 unspecified atom stereocenters. The van der Waals surface area contributed by atoms with E-state index in [9.17, 15) is 44.4 Å². The molecule has 0 aliphatic carbocycles. The first kappa shape index (κ1) is 31.7. The molecule has 1 saturated heterocycles. The van der Waals surface area contributed by atoms with E-state index in [0.29, 0.717) is 0 Å². The summed E-state index contributed by atoms with van der Waals surface area (Å²) < 4.78 is 0.251. The lowest BCUT2D eigenvalue weighted by Gasteiger charge is -2.49. The lowest BCUT2D eigenvalue weighted by atomic mass is 9.94. The third-order valence-electron chi connectivity index (χ3n) is 6.32. The number of rotatable bonds is 10. The molecule has 1 aromatic carbocycles. The third kappa shape index (κ3) is 6.01. The number of fused-ring (bicyclic) bond motifs is 1. The van der Waals surface area contributed by atoms with Gasteiger partial charge in [0.1, 0.15) is 22.8 Å². The highest BCUT2D eigenvalue weighted by Gasteiger charge is 2.55. The molecule has 2 amide bonds. The monoisotopic (exact) mass is 698 g/mol. The third-order valence-corrected chi connectivity index (χ3v) is 8.76. The maximum atomic E-state index is 13.2. The molecule has 0 spiro atoms. The fraction of sp³-hybridized carbons (Fsp3) is 0.292. The molecular weight excluding hydrogens is 676 g/mol. The molecule has 1 aromatic heterocycles. The van der Waals surface area contributed by atoms with Gasteiger partial charge in [-0.1, -0.05) is 21.1 Å². The largest absolute Gasteiger partial charge is 0.504 e. The van der Waals surface area contributed by atoms with E-state index in [1.807, 2.05) is 0 Å². The Bertz CT molecular complexity index is 1620. The number of nitrogens with two attached hydrogens (primary N) is 2. The van der Waals surface area contributed by atoms with E-state index in [2.05, 4.69) is 31.4 Å². The van der Waals surface area contributed by atoms with Crippen molar-refractivity contribution in [2.45, 2.75) is 36.9 Å². The number of aromatic nitrogens is 1. The minimum atomic E-state index is -1.82. The number of carbonyl (C=O) groups excluding carboxylic acids is 3. The average Bonchev–Trinajstić information content (AvgIpc) is 3.37. The molecule has 3 atom stereocenters. The van der Waals surface area contributed by atoms with Crippen LogP contribution in [0.5, 0.6) is 11.5 Å². The number of halogens is 1. The summed E-state index contributed by atoms with van der Waals surface area (Å²) in [5.74, 6) is -7.16. The molecule has 16 nitrogen and oxygen atoms in total. The highest BCUT2D eigenvalue weighted by molar-refractivity contribution is 9.10. The normalized spacial score (nSPS) is 19.3. The van der Waals surface area contributed by atoms with Crippen LogP contribution in [0.4, 0.5) is 5.13 Å². The van der Waals surface area contributed by atoms with Crippen molar-refractivity contribution in [1.29, 1.82) is 0 Å². The number of carbonyl (C=O) groups is 5. The molecule has 0 saturated carbocycles. The smallest absolute Gasteiger partial charge is 0.352 e. The summed E-state index contributed by atoms with van der Waals surface area (Å²) in [5.41, 5.74) is 8.36. The number of thioether (sulfide) groups is 1. The SMILES string of the molecule is CC(C)(O/N=C(\C(=O)NC1C(=O)N2C(C(=O)O)=C(C(N)C(=O)c3cc(Br)cc(O)c3O)CS[C@H]12)c1csc(N)n1)C(=O)O. The Labute approximate surface area is 258 Å². The topological polar surface area (TPSA) is 268 Å². The first-order valence-corrected chi connectivity index (χ1v) is 14.7. The van der Waals surface area contributed by atoms with Gasteiger partial charge >= 0.3 is 11.9 Å². The van der Waals surface area contributed by atoms with Crippen LogP contribution in [-0.4, -0.2) is 94.4 Å². The minimum Gasteiger partial charge on any atom is -0.504 e. The number of carboxylic acids is 2. The van der Waals surface area contributed by atoms with Crippen molar-refractivity contribution in [3.05, 3.63) is 44.5 Å². The van der Waals surface area contributed by atoms with Crippen molar-refractivity contribution in [3.63, 3.8) is 0 Å². The number of amides is 2. The summed E-state index contributed by atoms with van der Waals surface area (Å²) in [6.07, 6.45) is 0. The number of ketones is 1. The van der Waals surface area contributed by atoms with Crippen LogP contribution in [-0.2, 0) is 24.0 Å². The average molecular weight is 700 g/mol. The molecule has 4 rings (SSSR count). The number of thiazole rings is 1. The molecule has 9 N–H and O–H groups in total. The number of Topliss-reactive ketones (excluding diaryl/α,β-unsaturated/α-hetero) is 1. The number of aromatic hydroxyl groups is 2. The van der Waals surface area contributed by atoms with E-state index in [1.165, 1.54) is 25.3 Å². The summed E-state index contributed by atoms with van der Waals surface area (Å²) in [5, 5.41) is 46.0. The quantitative estimate of drug-likeness (QED) is 0.0583. The summed E-state index contributed by atoms with van der Waals surface area (Å²) in [6, 6.07) is -0.510. The van der Waals surface area contributed by atoms with Crippen molar-refractivity contribution in [2.75, 3.05) is 11.5 Å². The van der Waals surface area contributed by atoms with Crippen molar-refractivity contribution < 1.29 is 49.2 Å². The van der Waals surface area contributed by atoms with E-state index in [0.717, 1.165) is 34.1 Å². The second-order valence-electron chi connectivity index (χ2n) is 9.62. The van der Waals surface area contributed by atoms with Gasteiger partial charge in [-0.05, 0) is 31.6 Å². The Hall–Kier alpha value is -4.20. The maximum absolute atomic E-state index is 13.2. The number of hydrogen-bond acceptors (Lipinski definition) is 14. The lowest BCUT2D eigenvalue weighted by Crippen LogP contribution is -2.71. The second kappa shape index (κ2) is 11.8. The number of β-lactam (4-membered cyclic amide) rings is 1. The summed E-state index contributed by atoms with van der Waals surface area (Å²) in [7, 11) is 0. The van der Waals surface area contributed by atoms with Crippen LogP contribution in [0.25, 0.3) is 0 Å². The fourth-order valence-electron chi connectivity index (χ4n) is 3.99. The van der Waals surface area contributed by atoms with Gasteiger partial charge < -0.3 is 42.0 Å². The van der Waals surface area contributed by atoms with Crippen LogP contribution >= 0.6 is 39.0 Å². The Balaban J connectivity index is 1.60. The van der Waals surface area contributed by atoms with Gasteiger partial charge in [0.2, 0.25) is 5.60 Å². The number of hydrogen-bond donors (Lipinski definition) is 7. The van der Waals surface area contributed by atoms with Crippen LogP contribution in [0, 0.1) is 0 Å². The number of nitrogen functional groups attached to an aromatic ring is 1. The number of benzene rings is 1. The number of nitrogens with zero attached hydrogens (tertiary/aromatic N) is 3. The Morgan fingerprint density at radius 2 is 1.93 bits per heavy atom. The van der Waals surface area contributed by atoms with Gasteiger partial charge in [0.15, 0.2) is 28.1 Å². The molecule has 2 aliphatic rings. The zero-order valence-electron chi connectivity index (χ0n) is 22.1. The predicted octanol–water partition coefficient (Wildman–Crippen LogP) is 0.432. The van der Waals surface area contributed by atoms with Crippen LogP contribution in [0.15, 0.2) is 38.4 Å². The van der Waals surface area contributed by atoms with Crippen LogP contribution in [0.2, 0.25) is 0 Å². The Morgan fingerprint density at radius 3 is 2.51 bits per heavy atom. The van der Waals surface area contributed by atoms with Gasteiger partial charge in [-0.2, -0.15) is 0 Å². The number of oxime groups is 1. The summed E-state index contributed by atoms with van der Waals surface area (Å²) in [6.45, 7) is 2.40. The van der Waals surface area contributed by atoms with Gasteiger partial charge in [0.25, 0.3) is 11.8 Å². The number of phenols is 2. The molecular formula is C24H23BrN6O10S2. The molecule has 19 heteroatoms. The minimum absolute atomic E-state index is 0.0548. The van der Waals surface area contributed by atoms with Crippen LogP contribution in [0.3, 0.4) is 0 Å². The Kier molecular flexibility index (Phi) is 8.72. The highest BCUT2D eigenvalue weighted by atomic mass is 79.9. The van der Waals surface area contributed by atoms with Crippen LogP contribution < -0.4 is 16.8 Å². The van der Waals surface area contributed by atoms with Crippen molar-refractivity contribution >= 4 is 79.4 Å². The van der Waals surface area contributed by atoms with Crippen LogP contribution in [0.1, 0.15) is 29.9 Å². The summed E-state index contributed by atoms with van der Waals surface area (Å²) in [4.78, 5) is 73.1. The standard InChI is InChI=1S/C24H23BrN6O10S2/c1-24(2,22(39)40)41-30-13(10-6-43-23(27)28-10)18(35)29-14-19(36)31-15(21(37)38)9(5-42-20(14)31)12(26)17(34)8-3-7(25)4-11(32)16(8)33/h3-4,6,12,14,20,32-33H,5,26H2,1-2H3,(H2,27,28)(H,29,35)(H,37,38)(H,39,40)/b30-13-/t12?,14?,20-/m1/s1. The van der Waals surface area contributed by atoms with E-state index in [4.69, 9.17) is 16.3 Å². The van der Waals surface area contributed by atoms with Gasteiger partial charge in [-0.25, -0.2) is 14.6 Å². The van der Waals surface area contributed by atoms with E-state index in [-0.39, 0.29) is 32.2 Å². The lowest BCUT2D eigenvalue weighted by molar-refractivity contribution is -0.161. The number of carboxylic acid groups (broad SMARTS) is 2. The molecule has 1 fully saturated rings. The summed E-state index contributed by atoms with van der Waals surface area (Å²) >= 11 is 5.08. The number of nitrogens with one attached hydrogen (secondary N) is 1. The first-order chi connectivity index (χ1) is 20.0. The molecule has 0 bridgehead atoms. The molecule has 228 valence electrons. The number of aliphatic carboxylic acids is 2. The molecule has 43 heavy (non-hydrogen) atoms. The van der Waals surface area contributed by atoms with Crippen molar-refractivity contribution in [2.24, 2.45) is 10.9 Å². The number of phenolic OH excluding ortho intramolecular Hbond substituents is 2. The maximum Gasteiger partial charge on any atom is 0.352 e.